The van der Waals surface area contributed by atoms with Gasteiger partial charge in [-0.15, -0.1) is 0 Å². The van der Waals surface area contributed by atoms with Gasteiger partial charge in [0.1, 0.15) is 11.2 Å². The molecule has 6 nitrogen and oxygen atoms in total. The van der Waals surface area contributed by atoms with Gasteiger partial charge in [-0.2, -0.15) is 0 Å². The highest BCUT2D eigenvalue weighted by molar-refractivity contribution is 6.17. The first-order chi connectivity index (χ1) is 33.2. The largest absolute Gasteiger partial charge is 0.456 e. The molecule has 6 heteroatoms. The van der Waals surface area contributed by atoms with Crippen molar-refractivity contribution in [1.82, 2.24) is 24.1 Å². The molecule has 4 heterocycles. The van der Waals surface area contributed by atoms with Gasteiger partial charge >= 0.3 is 0 Å². The molecule has 10 aromatic carbocycles. The molecule has 0 bridgehead atoms. The maximum Gasteiger partial charge on any atom is 0.166 e. The Hall–Kier alpha value is -9.13. The van der Waals surface area contributed by atoms with Gasteiger partial charge in [-0.1, -0.05) is 146 Å². The summed E-state index contributed by atoms with van der Waals surface area (Å²) in [4.78, 5) is 16.5. The molecule has 0 aliphatic heterocycles. The van der Waals surface area contributed by atoms with Crippen molar-refractivity contribution < 1.29 is 4.42 Å². The van der Waals surface area contributed by atoms with Crippen molar-refractivity contribution in [2.45, 2.75) is 0 Å². The number of benzene rings is 10. The maximum atomic E-state index is 6.66. The number of nitrogens with zero attached hydrogens (tertiary/aromatic N) is 5. The van der Waals surface area contributed by atoms with Crippen LogP contribution in [0.15, 0.2) is 229 Å². The molecule has 4 aromatic heterocycles. The highest BCUT2D eigenvalue weighted by Crippen LogP contribution is 2.44. The fourth-order valence-electron chi connectivity index (χ4n) is 10.3. The molecule has 0 saturated carbocycles. The lowest BCUT2D eigenvalue weighted by molar-refractivity contribution is 0.669. The number of aromatic nitrogens is 5. The Morgan fingerprint density at radius 3 is 1.66 bits per heavy atom. The van der Waals surface area contributed by atoms with Crippen LogP contribution in [-0.4, -0.2) is 24.1 Å². The van der Waals surface area contributed by atoms with Crippen molar-refractivity contribution in [3.8, 4) is 56.7 Å². The van der Waals surface area contributed by atoms with Crippen molar-refractivity contribution in [3.63, 3.8) is 0 Å². The van der Waals surface area contributed by atoms with Crippen LogP contribution in [0.5, 0.6) is 0 Å². The lowest BCUT2D eigenvalue weighted by Crippen LogP contribution is -2.04. The smallest absolute Gasteiger partial charge is 0.166 e. The molecule has 0 aliphatic carbocycles. The third-order valence-corrected chi connectivity index (χ3v) is 13.3. The van der Waals surface area contributed by atoms with Crippen molar-refractivity contribution in [3.05, 3.63) is 224 Å². The zero-order chi connectivity index (χ0) is 44.0. The van der Waals surface area contributed by atoms with Crippen LogP contribution in [0.1, 0.15) is 0 Å². The van der Waals surface area contributed by atoms with E-state index in [1.165, 1.54) is 21.5 Å². The molecule has 0 unspecified atom stereocenters. The first kappa shape index (κ1) is 37.3. The lowest BCUT2D eigenvalue weighted by atomic mass is 10.0. The van der Waals surface area contributed by atoms with E-state index in [4.69, 9.17) is 19.4 Å². The van der Waals surface area contributed by atoms with Gasteiger partial charge in [0.2, 0.25) is 0 Å². The fraction of sp³-hybridized carbons (Fsp3) is 0. The Kier molecular flexibility index (Phi) is 8.18. The number of rotatable bonds is 6. The Labute approximate surface area is 384 Å². The third-order valence-electron chi connectivity index (χ3n) is 13.3. The first-order valence-electron chi connectivity index (χ1n) is 22.6. The van der Waals surface area contributed by atoms with E-state index >= 15 is 0 Å². The summed E-state index contributed by atoms with van der Waals surface area (Å²) in [5.41, 5.74) is 12.9. The van der Waals surface area contributed by atoms with Crippen LogP contribution >= 0.6 is 0 Å². The number of furan rings is 1. The molecule has 0 spiro atoms. The average molecular weight is 856 g/mol. The van der Waals surface area contributed by atoms with Crippen LogP contribution in [0.3, 0.4) is 0 Å². The van der Waals surface area contributed by atoms with Crippen LogP contribution in [0.25, 0.3) is 133 Å². The summed E-state index contributed by atoms with van der Waals surface area (Å²) >= 11 is 0. The molecular formula is C61H37N5O. The Bertz CT molecular complexity index is 4280. The van der Waals surface area contributed by atoms with E-state index in [1.807, 2.05) is 18.2 Å². The van der Waals surface area contributed by atoms with E-state index in [9.17, 15) is 0 Å². The van der Waals surface area contributed by atoms with Gasteiger partial charge in [-0.25, -0.2) is 15.0 Å². The SMILES string of the molecule is c1ccc(-c2cccc(-c3nc(-c4ccc5c(c4)c4ccccc4n5-c4ccccc4)nc(-c4c(-n5c6ccccc6c6cc7ccccc7cc65)ccc5oc6ccccc6c45)n3)c2)cc1. The number of hydrogen-bond acceptors (Lipinski definition) is 4. The van der Waals surface area contributed by atoms with Gasteiger partial charge < -0.3 is 13.6 Å². The lowest BCUT2D eigenvalue weighted by Gasteiger charge is -2.16. The normalized spacial score (nSPS) is 11.9. The van der Waals surface area contributed by atoms with E-state index in [2.05, 4.69) is 215 Å². The Morgan fingerprint density at radius 2 is 0.881 bits per heavy atom. The molecular weight excluding hydrogens is 819 g/mol. The predicted molar refractivity (Wildman–Crippen MR) is 275 cm³/mol. The van der Waals surface area contributed by atoms with E-state index in [0.717, 1.165) is 94.0 Å². The standard InChI is InChI=1S/C61H37N5O/c1-3-16-38(17-4-1)39-20-15-21-42(34-39)59-62-60(43-30-31-52-48(36-43)45-24-9-12-27-50(45)65(52)44-22-5-2-6-23-44)64-61(63-59)58-53(32-33-56-57(58)47-26-11-14-29-55(47)67-56)66-51-28-13-10-25-46(51)49-35-40-18-7-8-19-41(40)37-54(49)66/h1-37H. The summed E-state index contributed by atoms with van der Waals surface area (Å²) in [6.07, 6.45) is 0. The van der Waals surface area contributed by atoms with Crippen LogP contribution in [0.4, 0.5) is 0 Å². The predicted octanol–water partition coefficient (Wildman–Crippen LogP) is 15.8. The van der Waals surface area contributed by atoms with Crippen LogP contribution in [-0.2, 0) is 0 Å². The first-order valence-corrected chi connectivity index (χ1v) is 22.6. The highest BCUT2D eigenvalue weighted by atomic mass is 16.3. The second kappa shape index (κ2) is 14.7. The van der Waals surface area contributed by atoms with Crippen molar-refractivity contribution in [2.24, 2.45) is 0 Å². The number of para-hydroxylation sites is 4. The van der Waals surface area contributed by atoms with Gasteiger partial charge in [0, 0.05) is 49.1 Å². The highest BCUT2D eigenvalue weighted by Gasteiger charge is 2.25. The van der Waals surface area contributed by atoms with Crippen molar-refractivity contribution in [1.29, 1.82) is 0 Å². The topological polar surface area (TPSA) is 61.7 Å². The molecule has 0 amide bonds. The summed E-state index contributed by atoms with van der Waals surface area (Å²) in [7, 11) is 0. The van der Waals surface area contributed by atoms with Crippen LogP contribution in [0.2, 0.25) is 0 Å². The molecule has 0 atom stereocenters. The molecule has 0 fully saturated rings. The zero-order valence-electron chi connectivity index (χ0n) is 36.0. The van der Waals surface area contributed by atoms with Gasteiger partial charge in [0.05, 0.1) is 33.3 Å². The van der Waals surface area contributed by atoms with Crippen LogP contribution < -0.4 is 0 Å². The van der Waals surface area contributed by atoms with E-state index < -0.39 is 0 Å². The minimum absolute atomic E-state index is 0.552. The minimum atomic E-state index is 0.552. The molecule has 0 aliphatic rings. The molecule has 14 rings (SSSR count). The molecule has 0 saturated heterocycles. The van der Waals surface area contributed by atoms with Gasteiger partial charge in [-0.3, -0.25) is 0 Å². The minimum Gasteiger partial charge on any atom is -0.456 e. The van der Waals surface area contributed by atoms with Crippen molar-refractivity contribution >= 4 is 76.3 Å². The number of fused-ring (bicyclic) bond motifs is 10. The summed E-state index contributed by atoms with van der Waals surface area (Å²) in [6.45, 7) is 0. The average Bonchev–Trinajstić information content (AvgIpc) is 4.05. The third kappa shape index (κ3) is 5.86. The van der Waals surface area contributed by atoms with E-state index in [0.29, 0.717) is 17.5 Å². The van der Waals surface area contributed by atoms with Gasteiger partial charge in [0.15, 0.2) is 17.5 Å². The Morgan fingerprint density at radius 1 is 0.313 bits per heavy atom. The van der Waals surface area contributed by atoms with Gasteiger partial charge in [0.25, 0.3) is 0 Å². The summed E-state index contributed by atoms with van der Waals surface area (Å²) in [5, 5.41) is 8.92. The molecule has 14 aromatic rings. The molecule has 312 valence electrons. The number of hydrogen-bond donors (Lipinski definition) is 0. The van der Waals surface area contributed by atoms with Crippen LogP contribution in [0, 0.1) is 0 Å². The Balaban J connectivity index is 1.09. The van der Waals surface area contributed by atoms with Crippen molar-refractivity contribution in [2.75, 3.05) is 0 Å². The monoisotopic (exact) mass is 855 g/mol. The zero-order valence-corrected chi connectivity index (χ0v) is 36.0. The summed E-state index contributed by atoms with van der Waals surface area (Å²) < 4.78 is 11.4. The molecule has 0 N–H and O–H groups in total. The fourth-order valence-corrected chi connectivity index (χ4v) is 10.3. The molecule has 0 radical (unpaired) electrons. The quantitative estimate of drug-likeness (QED) is 0.167. The van der Waals surface area contributed by atoms with Gasteiger partial charge in [-0.05, 0) is 101 Å². The maximum absolute atomic E-state index is 6.66. The van der Waals surface area contributed by atoms with E-state index in [1.54, 1.807) is 0 Å². The summed E-state index contributed by atoms with van der Waals surface area (Å²) in [6, 6.07) is 79.1. The second-order valence-corrected chi connectivity index (χ2v) is 17.2. The van der Waals surface area contributed by atoms with E-state index in [-0.39, 0.29) is 0 Å². The molecule has 67 heavy (non-hydrogen) atoms. The summed E-state index contributed by atoms with van der Waals surface area (Å²) in [5.74, 6) is 1.71. The second-order valence-electron chi connectivity index (χ2n) is 17.2.